The van der Waals surface area contributed by atoms with E-state index in [1.54, 1.807) is 0 Å². The van der Waals surface area contributed by atoms with Crippen molar-refractivity contribution < 1.29 is 18.3 Å². The standard InChI is InChI=1S/C17H20F2O2/c18-16-14(20-11-3-6-12-4-1-2-5-12)9-10-15(17(16)19)21-13-7-8-13/h3,6,9-10,12-13H,1-2,4-5,7-8,11H2/b6-3+. The first-order valence-corrected chi connectivity index (χ1v) is 7.68. The number of hydrogen-bond donors (Lipinski definition) is 0. The molecule has 2 nitrogen and oxygen atoms in total. The predicted octanol–water partition coefficient (Wildman–Crippen LogP) is 4.63. The monoisotopic (exact) mass is 294 g/mol. The fourth-order valence-electron chi connectivity index (χ4n) is 2.62. The molecule has 0 saturated heterocycles. The van der Waals surface area contributed by atoms with Gasteiger partial charge in [0.15, 0.2) is 11.5 Å². The number of allylic oxidation sites excluding steroid dienone is 1. The van der Waals surface area contributed by atoms with Crippen molar-refractivity contribution in [2.24, 2.45) is 5.92 Å². The van der Waals surface area contributed by atoms with E-state index in [4.69, 9.17) is 9.47 Å². The Morgan fingerprint density at radius 2 is 1.67 bits per heavy atom. The molecule has 0 heterocycles. The molecule has 1 aromatic carbocycles. The molecular formula is C17H20F2O2. The molecule has 2 aliphatic carbocycles. The van der Waals surface area contributed by atoms with E-state index >= 15 is 0 Å². The number of halogens is 2. The second-order valence-electron chi connectivity index (χ2n) is 5.79. The van der Waals surface area contributed by atoms with Crippen LogP contribution in [0.3, 0.4) is 0 Å². The second kappa shape index (κ2) is 6.46. The summed E-state index contributed by atoms with van der Waals surface area (Å²) in [6.45, 7) is 0.260. The number of rotatable bonds is 6. The van der Waals surface area contributed by atoms with Gasteiger partial charge in [-0.05, 0) is 43.7 Å². The van der Waals surface area contributed by atoms with Crippen molar-refractivity contribution in [1.82, 2.24) is 0 Å². The Hall–Kier alpha value is -1.58. The van der Waals surface area contributed by atoms with Crippen molar-refractivity contribution in [3.63, 3.8) is 0 Å². The van der Waals surface area contributed by atoms with Gasteiger partial charge < -0.3 is 9.47 Å². The lowest BCUT2D eigenvalue weighted by Crippen LogP contribution is -2.03. The van der Waals surface area contributed by atoms with Crippen LogP contribution < -0.4 is 9.47 Å². The number of ether oxygens (including phenoxy) is 2. The molecule has 4 heteroatoms. The fraction of sp³-hybridized carbons (Fsp3) is 0.529. The van der Waals surface area contributed by atoms with E-state index in [0.29, 0.717) is 5.92 Å². The minimum atomic E-state index is -0.970. The van der Waals surface area contributed by atoms with E-state index in [2.05, 4.69) is 6.08 Å². The molecule has 2 aliphatic rings. The van der Waals surface area contributed by atoms with Gasteiger partial charge in [0.25, 0.3) is 0 Å². The first-order valence-electron chi connectivity index (χ1n) is 7.68. The van der Waals surface area contributed by atoms with Gasteiger partial charge in [0.2, 0.25) is 11.6 Å². The van der Waals surface area contributed by atoms with Crippen LogP contribution in [0.25, 0.3) is 0 Å². The highest BCUT2D eigenvalue weighted by molar-refractivity contribution is 5.35. The van der Waals surface area contributed by atoms with Gasteiger partial charge in [0.05, 0.1) is 6.10 Å². The smallest absolute Gasteiger partial charge is 0.204 e. The van der Waals surface area contributed by atoms with Crippen molar-refractivity contribution >= 4 is 0 Å². The number of benzene rings is 1. The van der Waals surface area contributed by atoms with Crippen LogP contribution in [0, 0.1) is 17.6 Å². The summed E-state index contributed by atoms with van der Waals surface area (Å²) in [5.74, 6) is -1.40. The fourth-order valence-corrected chi connectivity index (χ4v) is 2.62. The van der Waals surface area contributed by atoms with Gasteiger partial charge in [0, 0.05) is 0 Å². The molecule has 0 aromatic heterocycles. The van der Waals surface area contributed by atoms with E-state index in [-0.39, 0.29) is 24.2 Å². The molecular weight excluding hydrogens is 274 g/mol. The summed E-state index contributed by atoms with van der Waals surface area (Å²) in [6, 6.07) is 2.87. The molecule has 0 aliphatic heterocycles. The molecule has 2 fully saturated rings. The molecule has 21 heavy (non-hydrogen) atoms. The highest BCUT2D eigenvalue weighted by Gasteiger charge is 2.26. The third-order valence-electron chi connectivity index (χ3n) is 3.97. The first-order chi connectivity index (χ1) is 10.2. The van der Waals surface area contributed by atoms with Crippen LogP contribution in [0.1, 0.15) is 38.5 Å². The zero-order valence-corrected chi connectivity index (χ0v) is 12.0. The van der Waals surface area contributed by atoms with Crippen LogP contribution in [0.4, 0.5) is 8.78 Å². The van der Waals surface area contributed by atoms with Gasteiger partial charge >= 0.3 is 0 Å². The summed E-state index contributed by atoms with van der Waals surface area (Å²) in [6.07, 6.45) is 10.8. The van der Waals surface area contributed by atoms with Gasteiger partial charge in [-0.1, -0.05) is 25.0 Å². The van der Waals surface area contributed by atoms with Crippen LogP contribution in [-0.4, -0.2) is 12.7 Å². The average molecular weight is 294 g/mol. The van der Waals surface area contributed by atoms with E-state index in [1.165, 1.54) is 37.8 Å². The summed E-state index contributed by atoms with van der Waals surface area (Å²) >= 11 is 0. The molecule has 0 spiro atoms. The molecule has 0 amide bonds. The molecule has 3 rings (SSSR count). The quantitative estimate of drug-likeness (QED) is 0.712. The zero-order valence-electron chi connectivity index (χ0n) is 12.0. The van der Waals surface area contributed by atoms with Crippen LogP contribution in [0.15, 0.2) is 24.3 Å². The Labute approximate surface area is 123 Å². The van der Waals surface area contributed by atoms with Crippen molar-refractivity contribution in [2.75, 3.05) is 6.61 Å². The lowest BCUT2D eigenvalue weighted by atomic mass is 10.1. The summed E-state index contributed by atoms with van der Waals surface area (Å²) in [5, 5.41) is 0. The van der Waals surface area contributed by atoms with Gasteiger partial charge in [-0.2, -0.15) is 8.78 Å². The number of hydrogen-bond acceptors (Lipinski definition) is 2. The minimum Gasteiger partial charge on any atom is -0.487 e. The summed E-state index contributed by atoms with van der Waals surface area (Å²) < 4.78 is 38.3. The maximum absolute atomic E-state index is 13.9. The van der Waals surface area contributed by atoms with Gasteiger partial charge in [0.1, 0.15) is 6.61 Å². The minimum absolute atomic E-state index is 0.0242. The van der Waals surface area contributed by atoms with Gasteiger partial charge in [-0.3, -0.25) is 0 Å². The van der Waals surface area contributed by atoms with Gasteiger partial charge in [-0.25, -0.2) is 0 Å². The lowest BCUT2D eigenvalue weighted by Gasteiger charge is -2.10. The maximum Gasteiger partial charge on any atom is 0.204 e. The SMILES string of the molecule is Fc1c(OC/C=C/C2CCCC2)ccc(OC2CC2)c1F. The average Bonchev–Trinajstić information content (AvgIpc) is 3.15. The maximum atomic E-state index is 13.9. The molecule has 0 radical (unpaired) electrons. The van der Waals surface area contributed by atoms with E-state index < -0.39 is 11.6 Å². The van der Waals surface area contributed by atoms with Crippen molar-refractivity contribution in [3.05, 3.63) is 35.9 Å². The van der Waals surface area contributed by atoms with E-state index in [0.717, 1.165) is 12.8 Å². The third-order valence-corrected chi connectivity index (χ3v) is 3.97. The Morgan fingerprint density at radius 1 is 1.00 bits per heavy atom. The molecule has 0 unspecified atom stereocenters. The van der Waals surface area contributed by atoms with Crippen LogP contribution >= 0.6 is 0 Å². The van der Waals surface area contributed by atoms with E-state index in [9.17, 15) is 8.78 Å². The summed E-state index contributed by atoms with van der Waals surface area (Å²) in [5.41, 5.74) is 0. The third kappa shape index (κ3) is 3.74. The highest BCUT2D eigenvalue weighted by Crippen LogP contribution is 2.32. The van der Waals surface area contributed by atoms with Crippen molar-refractivity contribution in [3.8, 4) is 11.5 Å². The normalized spacial score (nSPS) is 19.3. The zero-order chi connectivity index (χ0) is 14.7. The molecule has 1 aromatic rings. The summed E-state index contributed by atoms with van der Waals surface area (Å²) in [4.78, 5) is 0. The molecule has 0 atom stereocenters. The second-order valence-corrected chi connectivity index (χ2v) is 5.79. The molecule has 2 saturated carbocycles. The van der Waals surface area contributed by atoms with Crippen LogP contribution in [-0.2, 0) is 0 Å². The summed E-state index contributed by atoms with van der Waals surface area (Å²) in [7, 11) is 0. The van der Waals surface area contributed by atoms with Crippen LogP contribution in [0.2, 0.25) is 0 Å². The molecule has 0 N–H and O–H groups in total. The van der Waals surface area contributed by atoms with Crippen LogP contribution in [0.5, 0.6) is 11.5 Å². The largest absolute Gasteiger partial charge is 0.487 e. The predicted molar refractivity (Wildman–Crippen MR) is 76.6 cm³/mol. The Morgan fingerprint density at radius 3 is 2.38 bits per heavy atom. The first kappa shape index (κ1) is 14.4. The topological polar surface area (TPSA) is 18.5 Å². The highest BCUT2D eigenvalue weighted by atomic mass is 19.2. The molecule has 0 bridgehead atoms. The van der Waals surface area contributed by atoms with Crippen molar-refractivity contribution in [2.45, 2.75) is 44.6 Å². The lowest BCUT2D eigenvalue weighted by molar-refractivity contribution is 0.275. The Kier molecular flexibility index (Phi) is 4.42. The molecule has 114 valence electrons. The van der Waals surface area contributed by atoms with Gasteiger partial charge in [-0.15, -0.1) is 0 Å². The van der Waals surface area contributed by atoms with E-state index in [1.807, 2.05) is 6.08 Å². The van der Waals surface area contributed by atoms with Crippen molar-refractivity contribution in [1.29, 1.82) is 0 Å². The Bertz CT molecular complexity index is 518. The Balaban J connectivity index is 1.55.